The number of rotatable bonds is 7. The van der Waals surface area contributed by atoms with E-state index < -0.39 is 17.3 Å². The van der Waals surface area contributed by atoms with Crippen molar-refractivity contribution in [3.8, 4) is 11.3 Å². The maximum absolute atomic E-state index is 14.4. The summed E-state index contributed by atoms with van der Waals surface area (Å²) >= 11 is 0. The van der Waals surface area contributed by atoms with E-state index in [9.17, 15) is 18.0 Å². The van der Waals surface area contributed by atoms with Gasteiger partial charge in [-0.2, -0.15) is 13.2 Å². The molecule has 7 rings (SSSR count). The minimum absolute atomic E-state index is 0.270. The van der Waals surface area contributed by atoms with Gasteiger partial charge in [-0.3, -0.25) is 14.7 Å². The van der Waals surface area contributed by atoms with Gasteiger partial charge >= 0.3 is 6.18 Å². The van der Waals surface area contributed by atoms with Gasteiger partial charge in [0.1, 0.15) is 5.52 Å². The van der Waals surface area contributed by atoms with Crippen molar-refractivity contribution >= 4 is 16.9 Å². The number of halogens is 3. The van der Waals surface area contributed by atoms with E-state index in [1.807, 2.05) is 30.3 Å². The molecule has 0 atom stereocenters. The van der Waals surface area contributed by atoms with E-state index in [4.69, 9.17) is 4.98 Å². The van der Waals surface area contributed by atoms with Crippen molar-refractivity contribution in [2.45, 2.75) is 69.2 Å². The van der Waals surface area contributed by atoms with Crippen LogP contribution in [0.3, 0.4) is 0 Å². The highest BCUT2D eigenvalue weighted by Gasteiger charge is 2.46. The summed E-state index contributed by atoms with van der Waals surface area (Å²) in [5.74, 6) is -0.270. The van der Waals surface area contributed by atoms with Crippen LogP contribution in [0, 0.1) is 0 Å². The standard InChI is InChI=1S/C36H38F3N5O/c37-36(38,39)27-12-7-9-25(23-27)32-29(24-43-21-14-28(15-22-43)44-19-5-2-6-20-44)31(33-30(41-32)13-8-18-40-33)34(45)42-35(16-17-35)26-10-3-1-4-11-26/h1,3-4,7-13,18,23,28H,2,5-6,14-17,19-22,24H2,(H,42,45). The number of carbonyl (C=O) groups excluding carboxylic acids is 1. The number of aromatic nitrogens is 2. The fourth-order valence-corrected chi connectivity index (χ4v) is 7.21. The zero-order chi connectivity index (χ0) is 31.0. The van der Waals surface area contributed by atoms with E-state index in [1.165, 1.54) is 25.3 Å². The molecule has 6 nitrogen and oxygen atoms in total. The third-order valence-electron chi connectivity index (χ3n) is 9.81. The molecule has 45 heavy (non-hydrogen) atoms. The molecule has 0 radical (unpaired) electrons. The number of nitrogens with one attached hydrogen (secondary N) is 1. The van der Waals surface area contributed by atoms with Crippen molar-refractivity contribution in [3.05, 3.63) is 95.2 Å². The van der Waals surface area contributed by atoms with Crippen LogP contribution in [0.2, 0.25) is 0 Å². The monoisotopic (exact) mass is 613 g/mol. The summed E-state index contributed by atoms with van der Waals surface area (Å²) < 4.78 is 41.6. The summed E-state index contributed by atoms with van der Waals surface area (Å²) in [6, 6.07) is 19.3. The Morgan fingerprint density at radius 3 is 2.38 bits per heavy atom. The molecular formula is C36H38F3N5O. The van der Waals surface area contributed by atoms with E-state index in [0.29, 0.717) is 46.0 Å². The molecule has 1 saturated carbocycles. The Morgan fingerprint density at radius 1 is 0.911 bits per heavy atom. The Balaban J connectivity index is 1.29. The molecule has 0 bridgehead atoms. The van der Waals surface area contributed by atoms with Crippen LogP contribution in [-0.4, -0.2) is 57.9 Å². The van der Waals surface area contributed by atoms with Crippen molar-refractivity contribution in [1.29, 1.82) is 0 Å². The summed E-state index contributed by atoms with van der Waals surface area (Å²) in [7, 11) is 0. The smallest absolute Gasteiger partial charge is 0.342 e. The maximum atomic E-state index is 14.4. The van der Waals surface area contributed by atoms with Crippen molar-refractivity contribution in [1.82, 2.24) is 25.1 Å². The molecule has 2 aliphatic heterocycles. The van der Waals surface area contributed by atoms with Crippen LogP contribution in [0.5, 0.6) is 0 Å². The molecule has 4 aromatic rings. The third kappa shape index (κ3) is 6.20. The number of carbonyl (C=O) groups is 1. The molecule has 3 aliphatic rings. The van der Waals surface area contributed by atoms with Gasteiger partial charge in [-0.1, -0.05) is 48.9 Å². The van der Waals surface area contributed by atoms with Crippen molar-refractivity contribution in [3.63, 3.8) is 0 Å². The Kier molecular flexibility index (Phi) is 8.08. The Labute approximate surface area is 261 Å². The molecule has 0 spiro atoms. The number of fused-ring (bicyclic) bond motifs is 1. The second kappa shape index (κ2) is 12.2. The molecule has 4 heterocycles. The topological polar surface area (TPSA) is 61.4 Å². The molecule has 2 saturated heterocycles. The summed E-state index contributed by atoms with van der Waals surface area (Å²) in [6.45, 7) is 4.39. The van der Waals surface area contributed by atoms with Gasteiger partial charge in [0, 0.05) is 29.9 Å². The van der Waals surface area contributed by atoms with Crippen LogP contribution >= 0.6 is 0 Å². The maximum Gasteiger partial charge on any atom is 0.416 e. The van der Waals surface area contributed by atoms with E-state index in [2.05, 4.69) is 20.1 Å². The molecular weight excluding hydrogens is 575 g/mol. The van der Waals surface area contributed by atoms with E-state index in [-0.39, 0.29) is 5.91 Å². The van der Waals surface area contributed by atoms with E-state index >= 15 is 0 Å². The van der Waals surface area contributed by atoms with Crippen molar-refractivity contribution < 1.29 is 18.0 Å². The fraction of sp³-hybridized carbons (Fsp3) is 0.417. The minimum atomic E-state index is -4.50. The van der Waals surface area contributed by atoms with E-state index in [1.54, 1.807) is 24.4 Å². The molecule has 2 aromatic heterocycles. The average molecular weight is 614 g/mol. The Hall–Kier alpha value is -3.82. The first-order chi connectivity index (χ1) is 21.8. The van der Waals surface area contributed by atoms with Crippen LogP contribution in [0.4, 0.5) is 13.2 Å². The van der Waals surface area contributed by atoms with Gasteiger partial charge in [0.15, 0.2) is 0 Å². The summed E-state index contributed by atoms with van der Waals surface area (Å²) in [5, 5.41) is 3.32. The van der Waals surface area contributed by atoms with E-state index in [0.717, 1.165) is 69.6 Å². The summed E-state index contributed by atoms with van der Waals surface area (Å²) in [6.07, 6.45) is 4.62. The number of likely N-dealkylation sites (tertiary alicyclic amines) is 2. The molecule has 2 aromatic carbocycles. The van der Waals surface area contributed by atoms with Crippen LogP contribution < -0.4 is 5.32 Å². The van der Waals surface area contributed by atoms with Gasteiger partial charge in [0.2, 0.25) is 0 Å². The van der Waals surface area contributed by atoms with Crippen LogP contribution in [0.1, 0.15) is 72.0 Å². The first-order valence-corrected chi connectivity index (χ1v) is 16.1. The number of piperidine rings is 2. The first-order valence-electron chi connectivity index (χ1n) is 16.1. The normalized spacial score (nSPS) is 19.4. The van der Waals surface area contributed by atoms with Crippen LogP contribution in [0.25, 0.3) is 22.3 Å². The molecule has 1 amide bonds. The van der Waals surface area contributed by atoms with Crippen molar-refractivity contribution in [2.24, 2.45) is 0 Å². The van der Waals surface area contributed by atoms with Gasteiger partial charge in [-0.05, 0) is 94.5 Å². The number of nitrogens with zero attached hydrogens (tertiary/aromatic N) is 4. The highest BCUT2D eigenvalue weighted by molar-refractivity contribution is 6.08. The predicted octanol–water partition coefficient (Wildman–Crippen LogP) is 7.19. The van der Waals surface area contributed by atoms with Gasteiger partial charge in [-0.15, -0.1) is 0 Å². The fourth-order valence-electron chi connectivity index (χ4n) is 7.21. The lowest BCUT2D eigenvalue weighted by Crippen LogP contribution is -2.46. The quantitative estimate of drug-likeness (QED) is 0.239. The highest BCUT2D eigenvalue weighted by Crippen LogP contribution is 2.46. The summed E-state index contributed by atoms with van der Waals surface area (Å²) in [4.78, 5) is 28.9. The zero-order valence-corrected chi connectivity index (χ0v) is 25.3. The zero-order valence-electron chi connectivity index (χ0n) is 25.3. The molecule has 0 unspecified atom stereocenters. The highest BCUT2D eigenvalue weighted by atomic mass is 19.4. The van der Waals surface area contributed by atoms with Gasteiger partial charge in [0.25, 0.3) is 5.91 Å². The lowest BCUT2D eigenvalue weighted by Gasteiger charge is -2.40. The second-order valence-corrected chi connectivity index (χ2v) is 12.8. The number of amides is 1. The number of benzene rings is 2. The van der Waals surface area contributed by atoms with Gasteiger partial charge in [-0.25, -0.2) is 4.98 Å². The SMILES string of the molecule is O=C(NC1(c2ccccc2)CC1)c1c(CN2CCC(N3CCCCC3)CC2)c(-c2cccc(C(F)(F)F)c2)nc2cccnc12. The lowest BCUT2D eigenvalue weighted by atomic mass is 9.94. The number of pyridine rings is 2. The molecule has 234 valence electrons. The van der Waals surface area contributed by atoms with Gasteiger partial charge in [0.05, 0.1) is 27.9 Å². The third-order valence-corrected chi connectivity index (χ3v) is 9.81. The molecule has 9 heteroatoms. The van der Waals surface area contributed by atoms with Gasteiger partial charge < -0.3 is 10.2 Å². The predicted molar refractivity (Wildman–Crippen MR) is 169 cm³/mol. The first kappa shape index (κ1) is 29.9. The largest absolute Gasteiger partial charge is 0.416 e. The molecule has 1 N–H and O–H groups in total. The number of hydrogen-bond donors (Lipinski definition) is 1. The molecule has 1 aliphatic carbocycles. The Morgan fingerprint density at radius 2 is 1.67 bits per heavy atom. The van der Waals surface area contributed by atoms with Crippen LogP contribution in [-0.2, 0) is 18.3 Å². The number of hydrogen-bond acceptors (Lipinski definition) is 5. The average Bonchev–Trinajstić information content (AvgIpc) is 3.85. The Bertz CT molecular complexity index is 1670. The number of alkyl halides is 3. The second-order valence-electron chi connectivity index (χ2n) is 12.8. The lowest BCUT2D eigenvalue weighted by molar-refractivity contribution is -0.137. The molecule has 3 fully saturated rings. The minimum Gasteiger partial charge on any atom is -0.342 e. The van der Waals surface area contributed by atoms with Crippen molar-refractivity contribution in [2.75, 3.05) is 26.2 Å². The summed E-state index contributed by atoms with van der Waals surface area (Å²) in [5.41, 5.74) is 2.54. The van der Waals surface area contributed by atoms with Crippen LogP contribution in [0.15, 0.2) is 72.9 Å².